The van der Waals surface area contributed by atoms with Gasteiger partial charge in [-0.2, -0.15) is 0 Å². The molecule has 1 aromatic carbocycles. The van der Waals surface area contributed by atoms with Gasteiger partial charge < -0.3 is 15.0 Å². The fraction of sp³-hybridized carbons (Fsp3) is 0.467. The summed E-state index contributed by atoms with van der Waals surface area (Å²) in [5.41, 5.74) is 3.71. The van der Waals surface area contributed by atoms with Crippen molar-refractivity contribution in [1.29, 1.82) is 0 Å². The molecule has 3 rings (SSSR count). The number of aryl methyl sites for hydroxylation is 1. The number of fused-ring (bicyclic) bond motifs is 1. The summed E-state index contributed by atoms with van der Waals surface area (Å²) < 4.78 is 5.46. The molecule has 1 fully saturated rings. The molecule has 0 spiro atoms. The lowest BCUT2D eigenvalue weighted by Crippen LogP contribution is -2.28. The van der Waals surface area contributed by atoms with Gasteiger partial charge in [-0.25, -0.2) is 0 Å². The molecule has 3 nitrogen and oxygen atoms in total. The topological polar surface area (TPSA) is 37.0 Å². The van der Waals surface area contributed by atoms with E-state index in [9.17, 15) is 0 Å². The fourth-order valence-electron chi connectivity index (χ4n) is 2.87. The van der Waals surface area contributed by atoms with Gasteiger partial charge in [-0.3, -0.25) is 0 Å². The van der Waals surface area contributed by atoms with E-state index in [1.54, 1.807) is 7.11 Å². The van der Waals surface area contributed by atoms with Crippen molar-refractivity contribution in [2.75, 3.05) is 20.2 Å². The minimum atomic E-state index is 0.608. The summed E-state index contributed by atoms with van der Waals surface area (Å²) in [5.74, 6) is 1.55. The number of ether oxygens (including phenoxy) is 1. The number of aromatic nitrogens is 1. The lowest BCUT2D eigenvalue weighted by atomic mass is 9.96. The van der Waals surface area contributed by atoms with E-state index in [0.29, 0.717) is 5.92 Å². The molecular formula is C15H20N2O. The highest BCUT2D eigenvalue weighted by atomic mass is 16.5. The third kappa shape index (κ3) is 1.99. The van der Waals surface area contributed by atoms with Crippen molar-refractivity contribution in [2.45, 2.75) is 25.7 Å². The predicted molar refractivity (Wildman–Crippen MR) is 74.4 cm³/mol. The Morgan fingerprint density at radius 2 is 2.17 bits per heavy atom. The van der Waals surface area contributed by atoms with E-state index in [2.05, 4.69) is 35.4 Å². The van der Waals surface area contributed by atoms with Gasteiger partial charge in [0.05, 0.1) is 12.6 Å². The molecule has 0 aliphatic carbocycles. The van der Waals surface area contributed by atoms with Crippen LogP contribution in [0.5, 0.6) is 5.75 Å². The Balaban J connectivity index is 2.04. The average Bonchev–Trinajstić information content (AvgIpc) is 2.82. The summed E-state index contributed by atoms with van der Waals surface area (Å²) >= 11 is 0. The van der Waals surface area contributed by atoms with Crippen LogP contribution in [-0.4, -0.2) is 25.2 Å². The molecule has 1 aliphatic rings. The summed E-state index contributed by atoms with van der Waals surface area (Å²) in [6, 6.07) is 6.58. The molecule has 0 amide bonds. The molecule has 1 unspecified atom stereocenters. The molecule has 2 heterocycles. The Bertz CT molecular complexity index is 553. The summed E-state index contributed by atoms with van der Waals surface area (Å²) in [6.45, 7) is 4.34. The third-order valence-corrected chi connectivity index (χ3v) is 3.81. The van der Waals surface area contributed by atoms with Gasteiger partial charge in [-0.1, -0.05) is 0 Å². The number of nitrogens with one attached hydrogen (secondary N) is 2. The molecule has 1 aliphatic heterocycles. The molecule has 96 valence electrons. The van der Waals surface area contributed by atoms with Crippen LogP contribution in [0.25, 0.3) is 10.9 Å². The van der Waals surface area contributed by atoms with Gasteiger partial charge in [-0.15, -0.1) is 0 Å². The number of piperidine rings is 1. The van der Waals surface area contributed by atoms with Crippen molar-refractivity contribution in [3.63, 3.8) is 0 Å². The first kappa shape index (κ1) is 11.6. The molecule has 18 heavy (non-hydrogen) atoms. The van der Waals surface area contributed by atoms with E-state index in [4.69, 9.17) is 4.74 Å². The first-order chi connectivity index (χ1) is 8.78. The fourth-order valence-corrected chi connectivity index (χ4v) is 2.87. The SMILES string of the molecule is COc1cc(C)cc2cc(C3CCCNC3)[nH]c12. The Morgan fingerprint density at radius 1 is 1.28 bits per heavy atom. The van der Waals surface area contributed by atoms with Crippen LogP contribution in [0.1, 0.15) is 30.0 Å². The first-order valence-corrected chi connectivity index (χ1v) is 6.66. The highest BCUT2D eigenvalue weighted by Crippen LogP contribution is 2.31. The third-order valence-electron chi connectivity index (χ3n) is 3.81. The summed E-state index contributed by atoms with van der Waals surface area (Å²) in [5, 5.41) is 4.72. The minimum Gasteiger partial charge on any atom is -0.495 e. The normalized spacial score (nSPS) is 20.2. The van der Waals surface area contributed by atoms with Gasteiger partial charge in [0.1, 0.15) is 5.75 Å². The van der Waals surface area contributed by atoms with Gasteiger partial charge in [0.2, 0.25) is 0 Å². The van der Waals surface area contributed by atoms with Crippen molar-refractivity contribution < 1.29 is 4.74 Å². The monoisotopic (exact) mass is 244 g/mol. The standard InChI is InChI=1S/C15H20N2O/c1-10-6-12-8-13(11-4-3-5-16-9-11)17-15(12)14(7-10)18-2/h6-8,11,16-17H,3-5,9H2,1-2H3. The van der Waals surface area contributed by atoms with Crippen molar-refractivity contribution in [3.05, 3.63) is 29.5 Å². The summed E-state index contributed by atoms with van der Waals surface area (Å²) in [6.07, 6.45) is 2.53. The molecule has 0 radical (unpaired) electrons. The van der Waals surface area contributed by atoms with E-state index in [1.165, 1.54) is 29.5 Å². The molecular weight excluding hydrogens is 224 g/mol. The minimum absolute atomic E-state index is 0.608. The van der Waals surface area contributed by atoms with Crippen molar-refractivity contribution in [3.8, 4) is 5.75 Å². The average molecular weight is 244 g/mol. The molecule has 1 atom stereocenters. The lowest BCUT2D eigenvalue weighted by molar-refractivity contribution is 0.418. The Hall–Kier alpha value is -1.48. The Kier molecular flexibility index (Phi) is 3.00. The number of rotatable bonds is 2. The highest BCUT2D eigenvalue weighted by Gasteiger charge is 2.18. The van der Waals surface area contributed by atoms with Crippen LogP contribution in [0, 0.1) is 6.92 Å². The molecule has 0 saturated carbocycles. The Labute approximate surface area is 108 Å². The van der Waals surface area contributed by atoms with Gasteiger partial charge in [0.15, 0.2) is 0 Å². The molecule has 1 saturated heterocycles. The summed E-state index contributed by atoms with van der Waals surface area (Å²) in [4.78, 5) is 3.55. The second-order valence-electron chi connectivity index (χ2n) is 5.20. The van der Waals surface area contributed by atoms with E-state index in [-0.39, 0.29) is 0 Å². The van der Waals surface area contributed by atoms with Crippen LogP contribution in [-0.2, 0) is 0 Å². The second-order valence-corrected chi connectivity index (χ2v) is 5.20. The van der Waals surface area contributed by atoms with Crippen molar-refractivity contribution in [1.82, 2.24) is 10.3 Å². The van der Waals surface area contributed by atoms with Gasteiger partial charge >= 0.3 is 0 Å². The van der Waals surface area contributed by atoms with Crippen LogP contribution < -0.4 is 10.1 Å². The zero-order chi connectivity index (χ0) is 12.5. The molecule has 0 bridgehead atoms. The summed E-state index contributed by atoms with van der Waals surface area (Å²) in [7, 11) is 1.73. The molecule has 1 aromatic heterocycles. The number of methoxy groups -OCH3 is 1. The van der Waals surface area contributed by atoms with E-state index in [1.807, 2.05) is 0 Å². The van der Waals surface area contributed by atoms with E-state index in [0.717, 1.165) is 24.4 Å². The molecule has 2 N–H and O–H groups in total. The van der Waals surface area contributed by atoms with E-state index < -0.39 is 0 Å². The van der Waals surface area contributed by atoms with Crippen molar-refractivity contribution in [2.24, 2.45) is 0 Å². The molecule has 3 heteroatoms. The number of benzene rings is 1. The highest BCUT2D eigenvalue weighted by molar-refractivity contribution is 5.87. The van der Waals surface area contributed by atoms with Gasteiger partial charge in [-0.05, 0) is 50.1 Å². The zero-order valence-corrected chi connectivity index (χ0v) is 11.0. The van der Waals surface area contributed by atoms with Crippen LogP contribution in [0.4, 0.5) is 0 Å². The maximum absolute atomic E-state index is 5.46. The zero-order valence-electron chi connectivity index (χ0n) is 11.0. The largest absolute Gasteiger partial charge is 0.495 e. The maximum Gasteiger partial charge on any atom is 0.143 e. The second kappa shape index (κ2) is 4.65. The molecule has 2 aromatic rings. The first-order valence-electron chi connectivity index (χ1n) is 6.66. The van der Waals surface area contributed by atoms with Crippen molar-refractivity contribution >= 4 is 10.9 Å². The van der Waals surface area contributed by atoms with Crippen LogP contribution in [0.3, 0.4) is 0 Å². The Morgan fingerprint density at radius 3 is 2.89 bits per heavy atom. The van der Waals surface area contributed by atoms with Crippen LogP contribution >= 0.6 is 0 Å². The van der Waals surface area contributed by atoms with Crippen LogP contribution in [0.2, 0.25) is 0 Å². The number of H-pyrrole nitrogens is 1. The predicted octanol–water partition coefficient (Wildman–Crippen LogP) is 2.95. The maximum atomic E-state index is 5.46. The lowest BCUT2D eigenvalue weighted by Gasteiger charge is -2.21. The quantitative estimate of drug-likeness (QED) is 0.852. The smallest absolute Gasteiger partial charge is 0.143 e. The number of hydrogen-bond acceptors (Lipinski definition) is 2. The van der Waals surface area contributed by atoms with E-state index >= 15 is 0 Å². The number of hydrogen-bond donors (Lipinski definition) is 2. The van der Waals surface area contributed by atoms with Gasteiger partial charge in [0.25, 0.3) is 0 Å². The number of aromatic amines is 1. The van der Waals surface area contributed by atoms with Crippen LogP contribution in [0.15, 0.2) is 18.2 Å². The van der Waals surface area contributed by atoms with Gasteiger partial charge in [0, 0.05) is 23.5 Å².